The molecule has 0 aliphatic rings. The third-order valence-corrected chi connectivity index (χ3v) is 4.29. The van der Waals surface area contributed by atoms with E-state index in [1.165, 1.54) is 16.0 Å². The summed E-state index contributed by atoms with van der Waals surface area (Å²) in [6.45, 7) is 0.930. The smallest absolute Gasteiger partial charge is 0.114 e. The maximum atomic E-state index is 4.72. The van der Waals surface area contributed by atoms with Gasteiger partial charge < -0.3 is 9.88 Å². The summed E-state index contributed by atoms with van der Waals surface area (Å²) in [6, 6.07) is 10.5. The molecule has 0 saturated carbocycles. The molecule has 0 atom stereocenters. The molecular weight excluding hydrogens is 254 g/mol. The second-order valence-electron chi connectivity index (χ2n) is 4.70. The lowest BCUT2D eigenvalue weighted by molar-refractivity contribution is 0.818. The van der Waals surface area contributed by atoms with E-state index >= 15 is 0 Å². The van der Waals surface area contributed by atoms with E-state index in [-0.39, 0.29) is 0 Å². The van der Waals surface area contributed by atoms with E-state index in [2.05, 4.69) is 46.6 Å². The first-order chi connectivity index (χ1) is 9.28. The fourth-order valence-corrected chi connectivity index (χ4v) is 3.21. The number of para-hydroxylation sites is 2. The monoisotopic (exact) mass is 271 g/mol. The second-order valence-corrected chi connectivity index (χ2v) is 5.70. The van der Waals surface area contributed by atoms with Crippen molar-refractivity contribution in [2.24, 2.45) is 7.05 Å². The molecule has 3 rings (SSSR count). The zero-order valence-electron chi connectivity index (χ0n) is 11.2. The summed E-state index contributed by atoms with van der Waals surface area (Å²) in [6.07, 6.45) is 0.902. The maximum Gasteiger partial charge on any atom is 0.114 e. The van der Waals surface area contributed by atoms with Crippen LogP contribution in [0.1, 0.15) is 16.3 Å². The molecule has 0 radical (unpaired) electrons. The number of hydrogen-bond donors (Lipinski definition) is 1. The summed E-state index contributed by atoms with van der Waals surface area (Å²) in [5, 5.41) is 5.40. The van der Waals surface area contributed by atoms with Gasteiger partial charge in [0.2, 0.25) is 0 Å². The molecule has 0 fully saturated rings. The molecule has 0 amide bonds. The van der Waals surface area contributed by atoms with E-state index < -0.39 is 0 Å². The summed E-state index contributed by atoms with van der Waals surface area (Å²) in [5.74, 6) is 1.12. The molecule has 4 heteroatoms. The van der Waals surface area contributed by atoms with Crippen molar-refractivity contribution in [2.45, 2.75) is 13.0 Å². The molecule has 1 N–H and O–H groups in total. The minimum absolute atomic E-state index is 0.902. The molecule has 0 aliphatic carbocycles. The number of benzene rings is 1. The average molecular weight is 271 g/mol. The van der Waals surface area contributed by atoms with Crippen LogP contribution in [0.15, 0.2) is 35.7 Å². The van der Waals surface area contributed by atoms with Gasteiger partial charge in [-0.25, -0.2) is 4.98 Å². The van der Waals surface area contributed by atoms with E-state index in [0.717, 1.165) is 24.3 Å². The number of nitrogens with one attached hydrogen (secondary N) is 1. The van der Waals surface area contributed by atoms with E-state index in [9.17, 15) is 0 Å². The van der Waals surface area contributed by atoms with Crippen LogP contribution in [-0.4, -0.2) is 16.6 Å². The molecule has 3 aromatic rings. The number of imidazole rings is 1. The van der Waals surface area contributed by atoms with Crippen molar-refractivity contribution < 1.29 is 0 Å². The van der Waals surface area contributed by atoms with Gasteiger partial charge >= 0.3 is 0 Å². The predicted molar refractivity (Wildman–Crippen MR) is 80.6 cm³/mol. The Hall–Kier alpha value is -1.65. The van der Waals surface area contributed by atoms with Crippen LogP contribution in [0.4, 0.5) is 0 Å². The van der Waals surface area contributed by atoms with Crippen LogP contribution >= 0.6 is 11.3 Å². The molecule has 3 nitrogen and oxygen atoms in total. The van der Waals surface area contributed by atoms with Gasteiger partial charge in [0.15, 0.2) is 0 Å². The minimum atomic E-state index is 0.902. The first-order valence-electron chi connectivity index (χ1n) is 6.39. The van der Waals surface area contributed by atoms with Crippen LogP contribution in [0.2, 0.25) is 0 Å². The van der Waals surface area contributed by atoms with Gasteiger partial charge in [0.1, 0.15) is 5.82 Å². The second kappa shape index (κ2) is 5.15. The van der Waals surface area contributed by atoms with Gasteiger partial charge in [-0.3, -0.25) is 0 Å². The Labute approximate surface area is 116 Å². The Bertz CT molecular complexity index is 696. The maximum absolute atomic E-state index is 4.72. The lowest BCUT2D eigenvalue weighted by Gasteiger charge is -2.00. The largest absolute Gasteiger partial charge is 0.331 e. The summed E-state index contributed by atoms with van der Waals surface area (Å²) < 4.78 is 2.19. The highest BCUT2D eigenvalue weighted by Crippen LogP contribution is 2.21. The molecular formula is C15H17N3S. The number of aryl methyl sites for hydroxylation is 1. The summed E-state index contributed by atoms with van der Waals surface area (Å²) in [5.41, 5.74) is 3.62. The normalized spacial score (nSPS) is 11.3. The molecule has 0 unspecified atom stereocenters. The van der Waals surface area contributed by atoms with Crippen LogP contribution in [0.25, 0.3) is 11.0 Å². The zero-order valence-corrected chi connectivity index (χ0v) is 12.0. The third-order valence-electron chi connectivity index (χ3n) is 3.30. The molecule has 2 aromatic heterocycles. The van der Waals surface area contributed by atoms with Crippen molar-refractivity contribution in [3.8, 4) is 0 Å². The van der Waals surface area contributed by atoms with Crippen LogP contribution in [0.3, 0.4) is 0 Å². The number of thiophene rings is 1. The minimum Gasteiger partial charge on any atom is -0.331 e. The first kappa shape index (κ1) is 12.4. The van der Waals surface area contributed by atoms with Gasteiger partial charge in [-0.1, -0.05) is 12.1 Å². The first-order valence-corrected chi connectivity index (χ1v) is 7.27. The van der Waals surface area contributed by atoms with Crippen molar-refractivity contribution >= 4 is 22.4 Å². The van der Waals surface area contributed by atoms with Crippen molar-refractivity contribution in [3.05, 3.63) is 52.0 Å². The number of rotatable bonds is 4. The standard InChI is InChI=1S/C15H17N3S/c1-16-9-11-7-12(19-10-11)8-15-17-13-5-3-4-6-14(13)18(15)2/h3-7,10,16H,8-9H2,1-2H3. The lowest BCUT2D eigenvalue weighted by atomic mass is 10.2. The Morgan fingerprint density at radius 3 is 2.95 bits per heavy atom. The van der Waals surface area contributed by atoms with Gasteiger partial charge in [0.25, 0.3) is 0 Å². The van der Waals surface area contributed by atoms with E-state index in [1.807, 2.05) is 24.5 Å². The van der Waals surface area contributed by atoms with Gasteiger partial charge in [-0.2, -0.15) is 0 Å². The molecule has 0 bridgehead atoms. The van der Waals surface area contributed by atoms with Gasteiger partial charge in [0, 0.05) is 24.9 Å². The van der Waals surface area contributed by atoms with Crippen molar-refractivity contribution in [1.29, 1.82) is 0 Å². The highest BCUT2D eigenvalue weighted by Gasteiger charge is 2.09. The molecule has 1 aromatic carbocycles. The summed E-state index contributed by atoms with van der Waals surface area (Å²) in [7, 11) is 4.07. The van der Waals surface area contributed by atoms with Gasteiger partial charge in [-0.05, 0) is 36.2 Å². The number of fused-ring (bicyclic) bond motifs is 1. The fraction of sp³-hybridized carbons (Fsp3) is 0.267. The topological polar surface area (TPSA) is 29.9 Å². The molecule has 0 saturated heterocycles. The van der Waals surface area contributed by atoms with Crippen LogP contribution in [-0.2, 0) is 20.0 Å². The number of aromatic nitrogens is 2. The highest BCUT2D eigenvalue weighted by molar-refractivity contribution is 7.10. The SMILES string of the molecule is CNCc1csc(Cc2nc3ccccc3n2C)c1. The molecule has 98 valence electrons. The van der Waals surface area contributed by atoms with Crippen molar-refractivity contribution in [1.82, 2.24) is 14.9 Å². The molecule has 0 spiro atoms. The molecule has 0 aliphatic heterocycles. The predicted octanol–water partition coefficient (Wildman–Crippen LogP) is 2.95. The van der Waals surface area contributed by atoms with Crippen molar-refractivity contribution in [2.75, 3.05) is 7.05 Å². The number of hydrogen-bond acceptors (Lipinski definition) is 3. The average Bonchev–Trinajstić information content (AvgIpc) is 2.97. The summed E-state index contributed by atoms with van der Waals surface area (Å²) in [4.78, 5) is 6.08. The lowest BCUT2D eigenvalue weighted by Crippen LogP contribution is -2.03. The van der Waals surface area contributed by atoms with Crippen molar-refractivity contribution in [3.63, 3.8) is 0 Å². The van der Waals surface area contributed by atoms with E-state index in [4.69, 9.17) is 4.98 Å². The van der Waals surface area contributed by atoms with E-state index in [0.29, 0.717) is 0 Å². The van der Waals surface area contributed by atoms with Crippen LogP contribution in [0.5, 0.6) is 0 Å². The van der Waals surface area contributed by atoms with Gasteiger partial charge in [-0.15, -0.1) is 11.3 Å². The summed E-state index contributed by atoms with van der Waals surface area (Å²) >= 11 is 1.81. The quantitative estimate of drug-likeness (QED) is 0.790. The third kappa shape index (κ3) is 2.41. The van der Waals surface area contributed by atoms with E-state index in [1.54, 1.807) is 0 Å². The Morgan fingerprint density at radius 2 is 2.16 bits per heavy atom. The number of nitrogens with zero attached hydrogens (tertiary/aromatic N) is 2. The van der Waals surface area contributed by atoms with Crippen LogP contribution in [0, 0.1) is 0 Å². The highest BCUT2D eigenvalue weighted by atomic mass is 32.1. The van der Waals surface area contributed by atoms with Gasteiger partial charge in [0.05, 0.1) is 11.0 Å². The van der Waals surface area contributed by atoms with Crippen LogP contribution < -0.4 is 5.32 Å². The zero-order chi connectivity index (χ0) is 13.2. The Kier molecular flexibility index (Phi) is 3.36. The Morgan fingerprint density at radius 1 is 1.32 bits per heavy atom. The fourth-order valence-electron chi connectivity index (χ4n) is 2.33. The molecule has 2 heterocycles. The molecule has 19 heavy (non-hydrogen) atoms. The Balaban J connectivity index is 1.89.